The van der Waals surface area contributed by atoms with Crippen LogP contribution >= 0.6 is 0 Å². The molecular formula is C11H10N6O2. The quantitative estimate of drug-likeness (QED) is 0.768. The predicted molar refractivity (Wildman–Crippen MR) is 66.7 cm³/mol. The van der Waals surface area contributed by atoms with Gasteiger partial charge in [-0.2, -0.15) is 10.2 Å². The number of nitrogens with zero attached hydrogens (tertiary/aromatic N) is 3. The monoisotopic (exact) mass is 258 g/mol. The Bertz CT molecular complexity index is 613. The van der Waals surface area contributed by atoms with Gasteiger partial charge < -0.3 is 10.1 Å². The molecule has 0 radical (unpaired) electrons. The summed E-state index contributed by atoms with van der Waals surface area (Å²) in [7, 11) is 1.42. The summed E-state index contributed by atoms with van der Waals surface area (Å²) in [6.45, 7) is 0. The molecule has 8 nitrogen and oxygen atoms in total. The maximum Gasteiger partial charge on any atom is 0.336 e. The molecule has 1 aromatic carbocycles. The number of carbonyl (C=O) groups is 1. The number of H-pyrrole nitrogens is 1. The Balaban J connectivity index is 1.95. The first-order valence-corrected chi connectivity index (χ1v) is 5.26. The number of methoxy groups -OCH3 is 1. The average molecular weight is 258 g/mol. The first kappa shape index (κ1) is 12.4. The average Bonchev–Trinajstić information content (AvgIpc) is 2.87. The van der Waals surface area contributed by atoms with Crippen LogP contribution < -0.4 is 15.4 Å². The van der Waals surface area contributed by atoms with E-state index in [0.29, 0.717) is 11.3 Å². The molecule has 2 rings (SSSR count). The zero-order valence-electron chi connectivity index (χ0n) is 9.97. The van der Waals surface area contributed by atoms with E-state index in [9.17, 15) is 4.79 Å². The number of rotatable bonds is 3. The van der Waals surface area contributed by atoms with Crippen LogP contribution in [-0.4, -0.2) is 28.3 Å². The number of benzene rings is 1. The van der Waals surface area contributed by atoms with Crippen LogP contribution in [0, 0.1) is 11.3 Å². The molecule has 2 amide bonds. The molecule has 0 atom stereocenters. The highest BCUT2D eigenvalue weighted by molar-refractivity contribution is 5.98. The lowest BCUT2D eigenvalue weighted by Crippen LogP contribution is -2.20. The molecule has 0 fully saturated rings. The number of anilines is 2. The molecule has 0 saturated heterocycles. The summed E-state index contributed by atoms with van der Waals surface area (Å²) < 4.78 is 4.76. The highest BCUT2D eigenvalue weighted by Crippen LogP contribution is 2.10. The Kier molecular flexibility index (Phi) is 3.59. The van der Waals surface area contributed by atoms with Gasteiger partial charge in [0.15, 0.2) is 0 Å². The number of hydrogen-bond acceptors (Lipinski definition) is 5. The molecule has 1 aromatic heterocycles. The van der Waals surface area contributed by atoms with Crippen LogP contribution in [0.25, 0.3) is 0 Å². The fourth-order valence-corrected chi connectivity index (χ4v) is 1.29. The zero-order valence-corrected chi connectivity index (χ0v) is 9.97. The van der Waals surface area contributed by atoms with Crippen LogP contribution in [0.2, 0.25) is 0 Å². The summed E-state index contributed by atoms with van der Waals surface area (Å²) in [5.41, 5.74) is 1.08. The van der Waals surface area contributed by atoms with Gasteiger partial charge in [0.25, 0.3) is 0 Å². The van der Waals surface area contributed by atoms with Gasteiger partial charge in [0.05, 0.1) is 18.7 Å². The van der Waals surface area contributed by atoms with Crippen LogP contribution in [0.3, 0.4) is 0 Å². The Hall–Kier alpha value is -3.08. The minimum atomic E-state index is -0.483. The van der Waals surface area contributed by atoms with Gasteiger partial charge in [0, 0.05) is 5.69 Å². The molecule has 0 saturated carbocycles. The Morgan fingerprint density at radius 3 is 2.68 bits per heavy atom. The number of carbonyl (C=O) groups excluding carboxylic acids is 1. The molecule has 1 heterocycles. The molecule has 0 aliphatic carbocycles. The number of amides is 2. The second-order valence-electron chi connectivity index (χ2n) is 3.44. The van der Waals surface area contributed by atoms with E-state index in [2.05, 4.69) is 25.8 Å². The predicted octanol–water partition coefficient (Wildman–Crippen LogP) is 1.33. The third-order valence-electron chi connectivity index (χ3n) is 2.15. The van der Waals surface area contributed by atoms with Gasteiger partial charge in [0.1, 0.15) is 0 Å². The number of ether oxygens (including phenoxy) is 1. The smallest absolute Gasteiger partial charge is 0.336 e. The third-order valence-corrected chi connectivity index (χ3v) is 2.15. The normalized spacial score (nSPS) is 9.47. The van der Waals surface area contributed by atoms with Gasteiger partial charge in [-0.3, -0.25) is 5.32 Å². The molecule has 0 aliphatic rings. The molecule has 0 bridgehead atoms. The number of aromatic nitrogens is 3. The summed E-state index contributed by atoms with van der Waals surface area (Å²) in [5, 5.41) is 19.9. The number of nitriles is 1. The fourth-order valence-electron chi connectivity index (χ4n) is 1.29. The summed E-state index contributed by atoms with van der Waals surface area (Å²) in [5.74, 6) is 0.169. The second kappa shape index (κ2) is 5.50. The fraction of sp³-hybridized carbons (Fsp3) is 0.0909. The van der Waals surface area contributed by atoms with E-state index in [-0.39, 0.29) is 12.0 Å². The lowest BCUT2D eigenvalue weighted by Gasteiger charge is -2.04. The second-order valence-corrected chi connectivity index (χ2v) is 3.44. The van der Waals surface area contributed by atoms with E-state index in [1.807, 2.05) is 6.07 Å². The number of aromatic amines is 1. The summed E-state index contributed by atoms with van der Waals surface area (Å²) in [6, 6.07) is 8.10. The van der Waals surface area contributed by atoms with Gasteiger partial charge in [-0.15, -0.1) is 5.10 Å². The molecule has 8 heteroatoms. The molecule has 2 aromatic rings. The van der Waals surface area contributed by atoms with Crippen LogP contribution in [0.15, 0.2) is 24.3 Å². The van der Waals surface area contributed by atoms with E-state index >= 15 is 0 Å². The Labute approximate surface area is 108 Å². The lowest BCUT2D eigenvalue weighted by atomic mass is 10.2. The van der Waals surface area contributed by atoms with Crippen molar-refractivity contribution in [1.82, 2.24) is 15.2 Å². The topological polar surface area (TPSA) is 116 Å². The van der Waals surface area contributed by atoms with Crippen LogP contribution in [0.4, 0.5) is 16.4 Å². The molecule has 0 spiro atoms. The minimum absolute atomic E-state index is 0.133. The van der Waals surface area contributed by atoms with Crippen molar-refractivity contribution in [2.24, 2.45) is 0 Å². The van der Waals surface area contributed by atoms with Crippen LogP contribution in [0.1, 0.15) is 5.56 Å². The van der Waals surface area contributed by atoms with Gasteiger partial charge in [-0.05, 0) is 24.3 Å². The van der Waals surface area contributed by atoms with Crippen molar-refractivity contribution in [3.8, 4) is 12.1 Å². The first-order valence-electron chi connectivity index (χ1n) is 5.26. The van der Waals surface area contributed by atoms with Gasteiger partial charge >= 0.3 is 12.0 Å². The minimum Gasteiger partial charge on any atom is -0.466 e. The van der Waals surface area contributed by atoms with E-state index in [1.165, 1.54) is 7.11 Å². The summed E-state index contributed by atoms with van der Waals surface area (Å²) >= 11 is 0. The van der Waals surface area contributed by atoms with Gasteiger partial charge in [-0.1, -0.05) is 0 Å². The summed E-state index contributed by atoms with van der Waals surface area (Å²) in [6.07, 6.45) is 0. The van der Waals surface area contributed by atoms with Crippen molar-refractivity contribution in [2.45, 2.75) is 0 Å². The lowest BCUT2D eigenvalue weighted by molar-refractivity contribution is 0.262. The van der Waals surface area contributed by atoms with E-state index in [0.717, 1.165) is 0 Å². The van der Waals surface area contributed by atoms with E-state index in [1.54, 1.807) is 24.3 Å². The van der Waals surface area contributed by atoms with Crippen molar-refractivity contribution in [2.75, 3.05) is 17.7 Å². The van der Waals surface area contributed by atoms with Gasteiger partial charge in [-0.25, -0.2) is 9.89 Å². The highest BCUT2D eigenvalue weighted by atomic mass is 16.5. The Morgan fingerprint density at radius 1 is 1.37 bits per heavy atom. The molecular weight excluding hydrogens is 248 g/mol. The number of hydrogen-bond donors (Lipinski definition) is 3. The van der Waals surface area contributed by atoms with Crippen molar-refractivity contribution < 1.29 is 9.53 Å². The van der Waals surface area contributed by atoms with E-state index in [4.69, 9.17) is 10.00 Å². The number of nitrogens with one attached hydrogen (secondary N) is 3. The Morgan fingerprint density at radius 2 is 2.11 bits per heavy atom. The van der Waals surface area contributed by atoms with Crippen molar-refractivity contribution in [3.05, 3.63) is 29.8 Å². The molecule has 19 heavy (non-hydrogen) atoms. The summed E-state index contributed by atoms with van der Waals surface area (Å²) in [4.78, 5) is 15.5. The standard InChI is InChI=1S/C11H10N6O2/c1-19-11-15-9(16-17-11)14-10(18)13-8-4-2-7(6-12)3-5-8/h2-5H,1H3,(H3,13,14,15,16,17,18). The van der Waals surface area contributed by atoms with Crippen molar-refractivity contribution in [1.29, 1.82) is 5.26 Å². The highest BCUT2D eigenvalue weighted by Gasteiger charge is 2.07. The van der Waals surface area contributed by atoms with Crippen LogP contribution in [0.5, 0.6) is 6.01 Å². The van der Waals surface area contributed by atoms with E-state index < -0.39 is 6.03 Å². The first-order chi connectivity index (χ1) is 9.21. The molecule has 3 N–H and O–H groups in total. The third kappa shape index (κ3) is 3.19. The SMILES string of the molecule is COc1n[nH]c(NC(=O)Nc2ccc(C#N)cc2)n1. The maximum atomic E-state index is 11.6. The largest absolute Gasteiger partial charge is 0.466 e. The molecule has 0 aliphatic heterocycles. The maximum absolute atomic E-state index is 11.6. The van der Waals surface area contributed by atoms with Crippen molar-refractivity contribution >= 4 is 17.7 Å². The van der Waals surface area contributed by atoms with Crippen molar-refractivity contribution in [3.63, 3.8) is 0 Å². The zero-order chi connectivity index (χ0) is 13.7. The van der Waals surface area contributed by atoms with Crippen LogP contribution in [-0.2, 0) is 0 Å². The number of urea groups is 1. The molecule has 0 unspecified atom stereocenters. The van der Waals surface area contributed by atoms with Gasteiger partial charge in [0.2, 0.25) is 5.95 Å². The molecule has 96 valence electrons.